The molecule has 2 aromatic carbocycles. The lowest BCUT2D eigenvalue weighted by Gasteiger charge is -2.11. The molecule has 4 heteroatoms. The van der Waals surface area contributed by atoms with Crippen molar-refractivity contribution < 1.29 is 9.15 Å². The Labute approximate surface area is 128 Å². The molecule has 1 N–H and O–H groups in total. The van der Waals surface area contributed by atoms with Gasteiger partial charge in [0.2, 0.25) is 0 Å². The summed E-state index contributed by atoms with van der Waals surface area (Å²) in [5, 5.41) is 4.14. The molecule has 3 rings (SSSR count). The first-order valence-electron chi connectivity index (χ1n) is 7.18. The second-order valence-electron chi connectivity index (χ2n) is 4.93. The summed E-state index contributed by atoms with van der Waals surface area (Å²) in [6.07, 6.45) is 0. The highest BCUT2D eigenvalue weighted by molar-refractivity contribution is 5.82. The summed E-state index contributed by atoms with van der Waals surface area (Å²) >= 11 is 0. The second kappa shape index (κ2) is 5.93. The van der Waals surface area contributed by atoms with E-state index in [0.29, 0.717) is 11.1 Å². The van der Waals surface area contributed by atoms with E-state index in [1.807, 2.05) is 49.4 Å². The number of fused-ring (bicyclic) bond motifs is 1. The SMILES string of the molecule is CCNc1cc(-c2cc3ccccc3oc2=O)ccc1OC. The summed E-state index contributed by atoms with van der Waals surface area (Å²) in [6.45, 7) is 2.78. The largest absolute Gasteiger partial charge is 0.495 e. The Hall–Kier alpha value is -2.75. The van der Waals surface area contributed by atoms with Crippen molar-refractivity contribution in [3.63, 3.8) is 0 Å². The van der Waals surface area contributed by atoms with Gasteiger partial charge >= 0.3 is 5.63 Å². The molecule has 0 atom stereocenters. The van der Waals surface area contributed by atoms with Gasteiger partial charge in [0.1, 0.15) is 11.3 Å². The van der Waals surface area contributed by atoms with Crippen molar-refractivity contribution in [1.29, 1.82) is 0 Å². The van der Waals surface area contributed by atoms with Crippen molar-refractivity contribution in [3.05, 3.63) is 59.0 Å². The number of para-hydroxylation sites is 1. The molecule has 112 valence electrons. The van der Waals surface area contributed by atoms with E-state index in [1.165, 1.54) is 0 Å². The zero-order chi connectivity index (χ0) is 15.5. The zero-order valence-electron chi connectivity index (χ0n) is 12.6. The third-order valence-corrected chi connectivity index (χ3v) is 3.52. The van der Waals surface area contributed by atoms with Crippen LogP contribution in [0.2, 0.25) is 0 Å². The monoisotopic (exact) mass is 295 g/mol. The van der Waals surface area contributed by atoms with Crippen LogP contribution in [0, 0.1) is 0 Å². The summed E-state index contributed by atoms with van der Waals surface area (Å²) in [7, 11) is 1.63. The number of methoxy groups -OCH3 is 1. The Morgan fingerprint density at radius 3 is 2.73 bits per heavy atom. The highest BCUT2D eigenvalue weighted by atomic mass is 16.5. The average Bonchev–Trinajstić information content (AvgIpc) is 2.54. The molecule has 0 aliphatic rings. The highest BCUT2D eigenvalue weighted by Gasteiger charge is 2.10. The molecule has 0 spiro atoms. The van der Waals surface area contributed by atoms with E-state index < -0.39 is 0 Å². The Morgan fingerprint density at radius 2 is 1.95 bits per heavy atom. The van der Waals surface area contributed by atoms with E-state index in [-0.39, 0.29) is 5.63 Å². The molecule has 0 radical (unpaired) electrons. The molecule has 1 heterocycles. The van der Waals surface area contributed by atoms with Gasteiger partial charge in [-0.25, -0.2) is 4.79 Å². The fourth-order valence-corrected chi connectivity index (χ4v) is 2.47. The second-order valence-corrected chi connectivity index (χ2v) is 4.93. The predicted molar refractivity (Wildman–Crippen MR) is 88.6 cm³/mol. The van der Waals surface area contributed by atoms with Crippen LogP contribution in [0.3, 0.4) is 0 Å². The third kappa shape index (κ3) is 2.55. The van der Waals surface area contributed by atoms with Crippen molar-refractivity contribution in [1.82, 2.24) is 0 Å². The van der Waals surface area contributed by atoms with Crippen LogP contribution in [0.15, 0.2) is 57.7 Å². The maximum absolute atomic E-state index is 12.2. The standard InChI is InChI=1S/C18H17NO3/c1-3-19-15-11-12(8-9-17(15)21-2)14-10-13-6-4-5-7-16(13)22-18(14)20/h4-11,19H,3H2,1-2H3. The fraction of sp³-hybridized carbons (Fsp3) is 0.167. The van der Waals surface area contributed by atoms with Crippen LogP contribution >= 0.6 is 0 Å². The Morgan fingerprint density at radius 1 is 1.14 bits per heavy atom. The number of benzene rings is 2. The topological polar surface area (TPSA) is 51.5 Å². The number of anilines is 1. The van der Waals surface area contributed by atoms with Crippen molar-refractivity contribution in [2.75, 3.05) is 19.0 Å². The minimum absolute atomic E-state index is 0.341. The van der Waals surface area contributed by atoms with E-state index in [2.05, 4.69) is 5.32 Å². The average molecular weight is 295 g/mol. The van der Waals surface area contributed by atoms with E-state index in [0.717, 1.165) is 28.9 Å². The summed E-state index contributed by atoms with van der Waals surface area (Å²) < 4.78 is 10.7. The summed E-state index contributed by atoms with van der Waals surface area (Å²) in [5.74, 6) is 0.746. The van der Waals surface area contributed by atoms with Gasteiger partial charge < -0.3 is 14.5 Å². The first-order chi connectivity index (χ1) is 10.7. The molecule has 0 amide bonds. The zero-order valence-corrected chi connectivity index (χ0v) is 12.6. The van der Waals surface area contributed by atoms with Crippen LogP contribution in [0.1, 0.15) is 6.92 Å². The van der Waals surface area contributed by atoms with Crippen LogP contribution in [0.25, 0.3) is 22.1 Å². The Balaban J connectivity index is 2.16. The molecule has 22 heavy (non-hydrogen) atoms. The Bertz CT molecular complexity index is 868. The van der Waals surface area contributed by atoms with Crippen LogP contribution < -0.4 is 15.7 Å². The van der Waals surface area contributed by atoms with Gasteiger partial charge in [-0.15, -0.1) is 0 Å². The molecule has 0 aliphatic heterocycles. The molecule has 0 unspecified atom stereocenters. The molecule has 0 bridgehead atoms. The molecular weight excluding hydrogens is 278 g/mol. The van der Waals surface area contributed by atoms with Crippen LogP contribution in [0.5, 0.6) is 5.75 Å². The van der Waals surface area contributed by atoms with Gasteiger partial charge in [0.25, 0.3) is 0 Å². The van der Waals surface area contributed by atoms with Gasteiger partial charge in [-0.3, -0.25) is 0 Å². The number of rotatable bonds is 4. The van der Waals surface area contributed by atoms with E-state index in [4.69, 9.17) is 9.15 Å². The van der Waals surface area contributed by atoms with E-state index >= 15 is 0 Å². The maximum atomic E-state index is 12.2. The first kappa shape index (κ1) is 14.2. The summed E-state index contributed by atoms with van der Waals surface area (Å²) in [6, 6.07) is 15.0. The predicted octanol–water partition coefficient (Wildman–Crippen LogP) is 3.90. The fourth-order valence-electron chi connectivity index (χ4n) is 2.47. The molecule has 0 saturated heterocycles. The van der Waals surface area contributed by atoms with Crippen molar-refractivity contribution in [2.24, 2.45) is 0 Å². The highest BCUT2D eigenvalue weighted by Crippen LogP contribution is 2.30. The van der Waals surface area contributed by atoms with Crippen LogP contribution in [-0.2, 0) is 0 Å². The summed E-state index contributed by atoms with van der Waals surface area (Å²) in [5.41, 5.74) is 2.45. The third-order valence-electron chi connectivity index (χ3n) is 3.52. The van der Waals surface area contributed by atoms with Gasteiger partial charge in [-0.05, 0) is 36.8 Å². The maximum Gasteiger partial charge on any atom is 0.344 e. The lowest BCUT2D eigenvalue weighted by molar-refractivity contribution is 0.416. The minimum Gasteiger partial charge on any atom is -0.495 e. The van der Waals surface area contributed by atoms with Gasteiger partial charge in [0.15, 0.2) is 0 Å². The van der Waals surface area contributed by atoms with Crippen LogP contribution in [-0.4, -0.2) is 13.7 Å². The first-order valence-corrected chi connectivity index (χ1v) is 7.18. The van der Waals surface area contributed by atoms with Gasteiger partial charge in [0.05, 0.1) is 18.4 Å². The van der Waals surface area contributed by atoms with E-state index in [1.54, 1.807) is 13.2 Å². The molecule has 3 aromatic rings. The van der Waals surface area contributed by atoms with Crippen LogP contribution in [0.4, 0.5) is 5.69 Å². The number of hydrogen-bond donors (Lipinski definition) is 1. The molecular formula is C18H17NO3. The molecule has 0 fully saturated rings. The molecule has 0 saturated carbocycles. The van der Waals surface area contributed by atoms with Crippen molar-refractivity contribution in [2.45, 2.75) is 6.92 Å². The van der Waals surface area contributed by atoms with Gasteiger partial charge in [0, 0.05) is 11.9 Å². The molecule has 0 aliphatic carbocycles. The molecule has 1 aromatic heterocycles. The number of hydrogen-bond acceptors (Lipinski definition) is 4. The molecule has 4 nitrogen and oxygen atoms in total. The smallest absolute Gasteiger partial charge is 0.344 e. The van der Waals surface area contributed by atoms with Gasteiger partial charge in [-0.1, -0.05) is 24.3 Å². The summed E-state index contributed by atoms with van der Waals surface area (Å²) in [4.78, 5) is 12.2. The number of ether oxygens (including phenoxy) is 1. The van der Waals surface area contributed by atoms with E-state index in [9.17, 15) is 4.79 Å². The minimum atomic E-state index is -0.341. The number of nitrogens with one attached hydrogen (secondary N) is 1. The van der Waals surface area contributed by atoms with Crippen molar-refractivity contribution in [3.8, 4) is 16.9 Å². The quantitative estimate of drug-likeness (QED) is 0.742. The van der Waals surface area contributed by atoms with Gasteiger partial charge in [-0.2, -0.15) is 0 Å². The lowest BCUT2D eigenvalue weighted by atomic mass is 10.0. The van der Waals surface area contributed by atoms with Crippen molar-refractivity contribution >= 4 is 16.7 Å². The normalized spacial score (nSPS) is 10.6. The lowest BCUT2D eigenvalue weighted by Crippen LogP contribution is -2.04. The Kier molecular flexibility index (Phi) is 3.83.